The van der Waals surface area contributed by atoms with Crippen molar-refractivity contribution >= 4 is 40.1 Å². The van der Waals surface area contributed by atoms with Crippen LogP contribution in [0, 0.1) is 0 Å². The lowest BCUT2D eigenvalue weighted by atomic mass is 10.2. The molecule has 1 atom stereocenters. The first-order valence-electron chi connectivity index (χ1n) is 6.37. The standard InChI is InChI=1S/C15H13NO4S2/c17-13(10-5-2-1-3-6-10)16-11(14(18)19)9-22-15(20)12-7-4-8-21-12/h1-8,11H,9H2,(H,16,17)(H,18,19)/t11-/m0/s1. The first-order chi connectivity index (χ1) is 10.6. The quantitative estimate of drug-likeness (QED) is 0.847. The summed E-state index contributed by atoms with van der Waals surface area (Å²) in [7, 11) is 0. The summed E-state index contributed by atoms with van der Waals surface area (Å²) in [5, 5.41) is 13.2. The van der Waals surface area contributed by atoms with Crippen molar-refractivity contribution in [2.45, 2.75) is 6.04 Å². The molecule has 1 heterocycles. The Morgan fingerprint density at radius 2 is 1.86 bits per heavy atom. The molecule has 7 heteroatoms. The van der Waals surface area contributed by atoms with Crippen molar-refractivity contribution in [2.24, 2.45) is 0 Å². The van der Waals surface area contributed by atoms with Gasteiger partial charge >= 0.3 is 5.97 Å². The van der Waals surface area contributed by atoms with Crippen LogP contribution in [0.2, 0.25) is 0 Å². The summed E-state index contributed by atoms with van der Waals surface area (Å²) in [6, 6.07) is 10.7. The molecule has 114 valence electrons. The number of hydrogen-bond donors (Lipinski definition) is 2. The van der Waals surface area contributed by atoms with Crippen LogP contribution in [0.5, 0.6) is 0 Å². The van der Waals surface area contributed by atoms with Crippen LogP contribution in [0.1, 0.15) is 20.0 Å². The van der Waals surface area contributed by atoms with E-state index < -0.39 is 17.9 Å². The van der Waals surface area contributed by atoms with Gasteiger partial charge in [-0.1, -0.05) is 36.0 Å². The molecule has 0 aliphatic heterocycles. The summed E-state index contributed by atoms with van der Waals surface area (Å²) < 4.78 is 0. The Hall–Kier alpha value is -2.12. The van der Waals surface area contributed by atoms with E-state index in [-0.39, 0.29) is 10.9 Å². The lowest BCUT2D eigenvalue weighted by molar-refractivity contribution is -0.138. The van der Waals surface area contributed by atoms with Gasteiger partial charge in [-0.15, -0.1) is 11.3 Å². The van der Waals surface area contributed by atoms with Gasteiger partial charge in [0.05, 0.1) is 4.88 Å². The Morgan fingerprint density at radius 3 is 2.45 bits per heavy atom. The second-order valence-electron chi connectivity index (χ2n) is 4.31. The van der Waals surface area contributed by atoms with E-state index in [9.17, 15) is 19.5 Å². The molecule has 0 saturated carbocycles. The Kier molecular flexibility index (Phi) is 5.74. The van der Waals surface area contributed by atoms with E-state index in [2.05, 4.69) is 5.32 Å². The maximum atomic E-state index is 12.0. The number of thioether (sulfide) groups is 1. The molecule has 0 fully saturated rings. The average Bonchev–Trinajstić information content (AvgIpc) is 3.06. The van der Waals surface area contributed by atoms with Crippen LogP contribution >= 0.6 is 23.1 Å². The van der Waals surface area contributed by atoms with Gasteiger partial charge in [-0.3, -0.25) is 9.59 Å². The number of rotatable bonds is 6. The highest BCUT2D eigenvalue weighted by Crippen LogP contribution is 2.18. The zero-order valence-electron chi connectivity index (χ0n) is 11.4. The van der Waals surface area contributed by atoms with E-state index in [1.807, 2.05) is 0 Å². The predicted molar refractivity (Wildman–Crippen MR) is 86.4 cm³/mol. The fourth-order valence-electron chi connectivity index (χ4n) is 1.63. The van der Waals surface area contributed by atoms with E-state index >= 15 is 0 Å². The van der Waals surface area contributed by atoms with Crippen LogP contribution in [0.4, 0.5) is 0 Å². The van der Waals surface area contributed by atoms with Crippen molar-refractivity contribution in [3.05, 3.63) is 58.3 Å². The number of thiophene rings is 1. The first kappa shape index (κ1) is 16.3. The molecule has 0 aliphatic carbocycles. The molecule has 1 amide bonds. The highest BCUT2D eigenvalue weighted by atomic mass is 32.2. The molecule has 5 nitrogen and oxygen atoms in total. The molecule has 0 bridgehead atoms. The molecule has 0 unspecified atom stereocenters. The topological polar surface area (TPSA) is 83.5 Å². The van der Waals surface area contributed by atoms with Gasteiger partial charge in [0.2, 0.25) is 5.12 Å². The Morgan fingerprint density at radius 1 is 1.14 bits per heavy atom. The van der Waals surface area contributed by atoms with Crippen molar-refractivity contribution in [2.75, 3.05) is 5.75 Å². The number of carbonyl (C=O) groups excluding carboxylic acids is 2. The summed E-state index contributed by atoms with van der Waals surface area (Å²) in [4.78, 5) is 35.6. The highest BCUT2D eigenvalue weighted by Gasteiger charge is 2.22. The van der Waals surface area contributed by atoms with Crippen LogP contribution in [0.15, 0.2) is 47.8 Å². The van der Waals surface area contributed by atoms with Crippen LogP contribution in [-0.2, 0) is 4.79 Å². The minimum absolute atomic E-state index is 0.0232. The smallest absolute Gasteiger partial charge is 0.327 e. The fourth-order valence-corrected chi connectivity index (χ4v) is 3.26. The summed E-state index contributed by atoms with van der Waals surface area (Å²) in [6.45, 7) is 0. The number of aliphatic carboxylic acids is 1. The lowest BCUT2D eigenvalue weighted by Crippen LogP contribution is -2.42. The summed E-state index contributed by atoms with van der Waals surface area (Å²) >= 11 is 2.18. The Balaban J connectivity index is 1.94. The van der Waals surface area contributed by atoms with Gasteiger partial charge in [0.1, 0.15) is 6.04 Å². The number of carbonyl (C=O) groups is 3. The minimum Gasteiger partial charge on any atom is -0.480 e. The molecule has 2 rings (SSSR count). The molecule has 2 aromatic rings. The molecule has 2 N–H and O–H groups in total. The van der Waals surface area contributed by atoms with E-state index in [0.29, 0.717) is 10.4 Å². The number of benzene rings is 1. The third-order valence-corrected chi connectivity index (χ3v) is 4.72. The molecule has 22 heavy (non-hydrogen) atoms. The van der Waals surface area contributed by atoms with Gasteiger partial charge in [0, 0.05) is 11.3 Å². The highest BCUT2D eigenvalue weighted by molar-refractivity contribution is 8.14. The SMILES string of the molecule is O=C(N[C@@H](CSC(=O)c1cccs1)C(=O)O)c1ccccc1. The summed E-state index contributed by atoms with van der Waals surface area (Å²) in [6.07, 6.45) is 0. The average molecular weight is 335 g/mol. The molecule has 0 spiro atoms. The van der Waals surface area contributed by atoms with Gasteiger partial charge < -0.3 is 10.4 Å². The Labute approximate surface area is 135 Å². The maximum absolute atomic E-state index is 12.0. The zero-order chi connectivity index (χ0) is 15.9. The van der Waals surface area contributed by atoms with Crippen molar-refractivity contribution in [3.63, 3.8) is 0 Å². The van der Waals surface area contributed by atoms with Crippen molar-refractivity contribution < 1.29 is 19.5 Å². The second kappa shape index (κ2) is 7.77. The van der Waals surface area contributed by atoms with Gasteiger partial charge in [-0.25, -0.2) is 4.79 Å². The van der Waals surface area contributed by atoms with Crippen molar-refractivity contribution in [1.29, 1.82) is 0 Å². The second-order valence-corrected chi connectivity index (χ2v) is 6.25. The lowest BCUT2D eigenvalue weighted by Gasteiger charge is -2.13. The van der Waals surface area contributed by atoms with E-state index in [4.69, 9.17) is 0 Å². The van der Waals surface area contributed by atoms with Gasteiger partial charge in [-0.2, -0.15) is 0 Å². The molecule has 1 aromatic heterocycles. The summed E-state index contributed by atoms with van der Waals surface area (Å²) in [5.41, 5.74) is 0.378. The van der Waals surface area contributed by atoms with Crippen molar-refractivity contribution in [3.8, 4) is 0 Å². The number of carboxylic acids is 1. The monoisotopic (exact) mass is 335 g/mol. The van der Waals surface area contributed by atoms with E-state index in [0.717, 1.165) is 11.8 Å². The summed E-state index contributed by atoms with van der Waals surface area (Å²) in [5.74, 6) is -1.67. The van der Waals surface area contributed by atoms with E-state index in [1.165, 1.54) is 11.3 Å². The zero-order valence-corrected chi connectivity index (χ0v) is 13.0. The molecular formula is C15H13NO4S2. The van der Waals surface area contributed by atoms with E-state index in [1.54, 1.807) is 47.8 Å². The number of amides is 1. The third kappa shape index (κ3) is 4.44. The van der Waals surface area contributed by atoms with Gasteiger partial charge in [0.25, 0.3) is 5.91 Å². The predicted octanol–water partition coefficient (Wildman–Crippen LogP) is 2.50. The third-order valence-electron chi connectivity index (χ3n) is 2.74. The normalized spacial score (nSPS) is 11.6. The van der Waals surface area contributed by atoms with Crippen LogP contribution < -0.4 is 5.32 Å². The molecule has 1 aromatic carbocycles. The minimum atomic E-state index is -1.17. The molecule has 0 aliphatic rings. The largest absolute Gasteiger partial charge is 0.480 e. The number of hydrogen-bond acceptors (Lipinski definition) is 5. The fraction of sp³-hybridized carbons (Fsp3) is 0.133. The first-order valence-corrected chi connectivity index (χ1v) is 8.24. The van der Waals surface area contributed by atoms with Crippen molar-refractivity contribution in [1.82, 2.24) is 5.32 Å². The number of carboxylic acid groups (broad SMARTS) is 1. The molecule has 0 saturated heterocycles. The molecular weight excluding hydrogens is 322 g/mol. The van der Waals surface area contributed by atoms with Gasteiger partial charge in [-0.05, 0) is 23.6 Å². The Bertz CT molecular complexity index is 655. The van der Waals surface area contributed by atoms with Gasteiger partial charge in [0.15, 0.2) is 0 Å². The van der Waals surface area contributed by atoms with Crippen LogP contribution in [0.25, 0.3) is 0 Å². The maximum Gasteiger partial charge on any atom is 0.327 e. The molecule has 0 radical (unpaired) electrons. The number of nitrogens with one attached hydrogen (secondary N) is 1. The van der Waals surface area contributed by atoms with Crippen LogP contribution in [0.3, 0.4) is 0 Å². The van der Waals surface area contributed by atoms with Crippen LogP contribution in [-0.4, -0.2) is 33.9 Å².